The SMILES string of the molecule is OC(CCc1cccnc1)/C1=C/CCCCCC1. The van der Waals surface area contributed by atoms with Crippen molar-refractivity contribution in [1.29, 1.82) is 0 Å². The zero-order valence-electron chi connectivity index (χ0n) is 11.0. The molecule has 0 amide bonds. The third-order valence-electron chi connectivity index (χ3n) is 3.68. The number of aliphatic hydroxyl groups is 1. The summed E-state index contributed by atoms with van der Waals surface area (Å²) in [6, 6.07) is 4.03. The number of aliphatic hydroxyl groups excluding tert-OH is 1. The van der Waals surface area contributed by atoms with Crippen LogP contribution in [0.1, 0.15) is 50.5 Å². The highest BCUT2D eigenvalue weighted by Crippen LogP contribution is 2.21. The molecule has 2 heteroatoms. The summed E-state index contributed by atoms with van der Waals surface area (Å²) in [5.41, 5.74) is 2.47. The minimum Gasteiger partial charge on any atom is -0.389 e. The van der Waals surface area contributed by atoms with E-state index in [1.807, 2.05) is 12.3 Å². The predicted octanol–water partition coefficient (Wildman–Crippen LogP) is 3.66. The Labute approximate surface area is 110 Å². The lowest BCUT2D eigenvalue weighted by molar-refractivity contribution is 0.194. The van der Waals surface area contributed by atoms with Gasteiger partial charge in [-0.25, -0.2) is 0 Å². The van der Waals surface area contributed by atoms with Crippen LogP contribution in [0.4, 0.5) is 0 Å². The lowest BCUT2D eigenvalue weighted by Gasteiger charge is -2.17. The van der Waals surface area contributed by atoms with Crippen LogP contribution in [-0.4, -0.2) is 16.2 Å². The maximum Gasteiger partial charge on any atom is 0.0753 e. The molecule has 0 radical (unpaired) electrons. The monoisotopic (exact) mass is 245 g/mol. The summed E-state index contributed by atoms with van der Waals surface area (Å²) >= 11 is 0. The summed E-state index contributed by atoms with van der Waals surface area (Å²) in [4.78, 5) is 4.11. The van der Waals surface area contributed by atoms with Crippen LogP contribution < -0.4 is 0 Å². The first-order valence-electron chi connectivity index (χ1n) is 7.12. The van der Waals surface area contributed by atoms with E-state index in [2.05, 4.69) is 17.1 Å². The molecular weight excluding hydrogens is 222 g/mol. The third kappa shape index (κ3) is 4.26. The van der Waals surface area contributed by atoms with E-state index in [0.29, 0.717) is 0 Å². The molecule has 1 N–H and O–H groups in total. The Balaban J connectivity index is 1.84. The Morgan fingerprint density at radius 1 is 1.22 bits per heavy atom. The summed E-state index contributed by atoms with van der Waals surface area (Å²) in [5, 5.41) is 10.3. The predicted molar refractivity (Wildman–Crippen MR) is 74.3 cm³/mol. The zero-order valence-corrected chi connectivity index (χ0v) is 11.0. The largest absolute Gasteiger partial charge is 0.389 e. The lowest BCUT2D eigenvalue weighted by Crippen LogP contribution is -2.12. The average molecular weight is 245 g/mol. The maximum atomic E-state index is 10.3. The number of hydrogen-bond donors (Lipinski definition) is 1. The van der Waals surface area contributed by atoms with Gasteiger partial charge in [-0.1, -0.05) is 25.0 Å². The Kier molecular flexibility index (Phi) is 5.40. The van der Waals surface area contributed by atoms with E-state index in [4.69, 9.17) is 0 Å². The third-order valence-corrected chi connectivity index (χ3v) is 3.68. The van der Waals surface area contributed by atoms with Gasteiger partial charge in [-0.3, -0.25) is 4.98 Å². The first-order chi connectivity index (χ1) is 8.86. The fourth-order valence-corrected chi connectivity index (χ4v) is 2.55. The summed E-state index contributed by atoms with van der Waals surface area (Å²) in [6.45, 7) is 0. The van der Waals surface area contributed by atoms with E-state index in [9.17, 15) is 5.11 Å². The van der Waals surface area contributed by atoms with Gasteiger partial charge in [0.25, 0.3) is 0 Å². The number of pyridine rings is 1. The maximum absolute atomic E-state index is 10.3. The Morgan fingerprint density at radius 2 is 2.11 bits per heavy atom. The fraction of sp³-hybridized carbons (Fsp3) is 0.562. The van der Waals surface area contributed by atoms with Crippen molar-refractivity contribution in [3.63, 3.8) is 0 Å². The molecule has 1 aromatic heterocycles. The van der Waals surface area contributed by atoms with Crippen LogP contribution in [0.3, 0.4) is 0 Å². The number of hydrogen-bond acceptors (Lipinski definition) is 2. The van der Waals surface area contributed by atoms with E-state index < -0.39 is 0 Å². The molecule has 1 heterocycles. The van der Waals surface area contributed by atoms with Gasteiger partial charge in [0.15, 0.2) is 0 Å². The van der Waals surface area contributed by atoms with Gasteiger partial charge in [-0.15, -0.1) is 0 Å². The molecule has 1 aliphatic carbocycles. The molecule has 1 atom stereocenters. The molecule has 1 aliphatic rings. The summed E-state index contributed by atoms with van der Waals surface area (Å²) in [7, 11) is 0. The van der Waals surface area contributed by atoms with Crippen molar-refractivity contribution < 1.29 is 5.11 Å². The topological polar surface area (TPSA) is 33.1 Å². The van der Waals surface area contributed by atoms with E-state index in [1.54, 1.807) is 6.20 Å². The number of allylic oxidation sites excluding steroid dienone is 1. The van der Waals surface area contributed by atoms with Gasteiger partial charge < -0.3 is 5.11 Å². The molecule has 0 saturated carbocycles. The van der Waals surface area contributed by atoms with Crippen LogP contribution in [0.25, 0.3) is 0 Å². The second-order valence-electron chi connectivity index (χ2n) is 5.15. The number of aryl methyl sites for hydroxylation is 1. The zero-order chi connectivity index (χ0) is 12.6. The van der Waals surface area contributed by atoms with E-state index in [0.717, 1.165) is 25.7 Å². The first-order valence-corrected chi connectivity index (χ1v) is 7.12. The van der Waals surface area contributed by atoms with Crippen LogP contribution >= 0.6 is 0 Å². The van der Waals surface area contributed by atoms with Gasteiger partial charge in [0, 0.05) is 12.4 Å². The van der Waals surface area contributed by atoms with Crippen molar-refractivity contribution in [2.75, 3.05) is 0 Å². The molecule has 0 aromatic carbocycles. The summed E-state index contributed by atoms with van der Waals surface area (Å²) < 4.78 is 0. The van der Waals surface area contributed by atoms with Gasteiger partial charge >= 0.3 is 0 Å². The molecule has 0 spiro atoms. The van der Waals surface area contributed by atoms with E-state index in [-0.39, 0.29) is 6.10 Å². The second-order valence-corrected chi connectivity index (χ2v) is 5.15. The smallest absolute Gasteiger partial charge is 0.0753 e. The fourth-order valence-electron chi connectivity index (χ4n) is 2.55. The highest BCUT2D eigenvalue weighted by molar-refractivity contribution is 5.12. The molecule has 0 aliphatic heterocycles. The van der Waals surface area contributed by atoms with E-state index >= 15 is 0 Å². The average Bonchev–Trinajstić information content (AvgIpc) is 2.37. The van der Waals surface area contributed by atoms with Crippen LogP contribution in [0.2, 0.25) is 0 Å². The van der Waals surface area contributed by atoms with Crippen molar-refractivity contribution >= 4 is 0 Å². The number of rotatable bonds is 4. The molecule has 0 saturated heterocycles. The van der Waals surface area contributed by atoms with Gasteiger partial charge in [0.1, 0.15) is 0 Å². The Bertz CT molecular complexity index is 372. The summed E-state index contributed by atoms with van der Waals surface area (Å²) in [5.74, 6) is 0. The number of aromatic nitrogens is 1. The molecule has 98 valence electrons. The minimum absolute atomic E-state index is 0.261. The van der Waals surface area contributed by atoms with Crippen molar-refractivity contribution in [2.45, 2.75) is 57.5 Å². The van der Waals surface area contributed by atoms with Crippen molar-refractivity contribution in [3.05, 3.63) is 41.7 Å². The molecule has 18 heavy (non-hydrogen) atoms. The van der Waals surface area contributed by atoms with Gasteiger partial charge in [0.05, 0.1) is 6.10 Å². The lowest BCUT2D eigenvalue weighted by atomic mass is 9.93. The van der Waals surface area contributed by atoms with Crippen molar-refractivity contribution in [2.24, 2.45) is 0 Å². The Hall–Kier alpha value is -1.15. The van der Waals surface area contributed by atoms with Crippen LogP contribution in [-0.2, 0) is 6.42 Å². The van der Waals surface area contributed by atoms with Crippen LogP contribution in [0, 0.1) is 0 Å². The molecule has 2 nitrogen and oxygen atoms in total. The first kappa shape index (κ1) is 13.3. The summed E-state index contributed by atoms with van der Waals surface area (Å²) in [6.07, 6.45) is 14.8. The van der Waals surface area contributed by atoms with Gasteiger partial charge in [-0.2, -0.15) is 0 Å². The van der Waals surface area contributed by atoms with Crippen LogP contribution in [0.5, 0.6) is 0 Å². The number of nitrogens with zero attached hydrogens (tertiary/aromatic N) is 1. The molecular formula is C16H23NO. The normalized spacial score (nSPS) is 21.5. The van der Waals surface area contributed by atoms with Crippen molar-refractivity contribution in [3.8, 4) is 0 Å². The van der Waals surface area contributed by atoms with Crippen molar-refractivity contribution in [1.82, 2.24) is 4.98 Å². The molecule has 0 bridgehead atoms. The molecule has 2 rings (SSSR count). The van der Waals surface area contributed by atoms with Crippen LogP contribution in [0.15, 0.2) is 36.2 Å². The van der Waals surface area contributed by atoms with E-state index in [1.165, 1.54) is 36.8 Å². The second kappa shape index (κ2) is 7.32. The van der Waals surface area contributed by atoms with Gasteiger partial charge in [-0.05, 0) is 55.7 Å². The van der Waals surface area contributed by atoms with Gasteiger partial charge in [0.2, 0.25) is 0 Å². The highest BCUT2D eigenvalue weighted by Gasteiger charge is 2.12. The minimum atomic E-state index is -0.261. The standard InChI is InChI=1S/C16H23NO/c18-16(11-10-14-7-6-12-17-13-14)15-8-4-2-1-3-5-9-15/h6-8,12-13,16,18H,1-5,9-11H2/b15-8+. The highest BCUT2D eigenvalue weighted by atomic mass is 16.3. The Morgan fingerprint density at radius 3 is 2.94 bits per heavy atom. The molecule has 1 unspecified atom stereocenters. The molecule has 1 aromatic rings. The molecule has 0 fully saturated rings. The quantitative estimate of drug-likeness (QED) is 0.821.